The minimum absolute atomic E-state index is 0.178. The molecule has 0 bridgehead atoms. The van der Waals surface area contributed by atoms with Crippen LogP contribution in [0.3, 0.4) is 0 Å². The fourth-order valence-electron chi connectivity index (χ4n) is 2.51. The zero-order chi connectivity index (χ0) is 17.8. The van der Waals surface area contributed by atoms with Crippen LogP contribution < -0.4 is 10.1 Å². The first kappa shape index (κ1) is 16.7. The molecule has 5 nitrogen and oxygen atoms in total. The number of carbonyl (C=O) groups excluding carboxylic acids is 1. The molecule has 0 spiro atoms. The van der Waals surface area contributed by atoms with Crippen molar-refractivity contribution in [1.82, 2.24) is 14.9 Å². The molecule has 0 aliphatic carbocycles. The number of nitrogens with zero attached hydrogens (tertiary/aromatic N) is 2. The molecule has 6 heteroatoms. The number of hydrogen-bond acceptors (Lipinski definition) is 3. The fourth-order valence-corrected chi connectivity index (χ4v) is 2.51. The largest absolute Gasteiger partial charge is 0.494 e. The van der Waals surface area contributed by atoms with Crippen molar-refractivity contribution in [3.63, 3.8) is 0 Å². The van der Waals surface area contributed by atoms with Gasteiger partial charge in [-0.15, -0.1) is 0 Å². The average molecular weight is 339 g/mol. The molecule has 1 atom stereocenters. The Labute approximate surface area is 145 Å². The second-order valence-electron chi connectivity index (χ2n) is 5.61. The van der Waals surface area contributed by atoms with E-state index in [1.165, 1.54) is 13.2 Å². The van der Waals surface area contributed by atoms with Gasteiger partial charge in [-0.3, -0.25) is 4.79 Å². The van der Waals surface area contributed by atoms with E-state index in [0.29, 0.717) is 11.1 Å². The van der Waals surface area contributed by atoms with Crippen molar-refractivity contribution >= 4 is 5.91 Å². The average Bonchev–Trinajstić information content (AvgIpc) is 3.16. The molecule has 0 aliphatic rings. The van der Waals surface area contributed by atoms with Crippen LogP contribution in [0.5, 0.6) is 5.75 Å². The number of methoxy groups -OCH3 is 1. The van der Waals surface area contributed by atoms with Gasteiger partial charge in [-0.1, -0.05) is 6.07 Å². The van der Waals surface area contributed by atoms with Gasteiger partial charge in [0.2, 0.25) is 0 Å². The van der Waals surface area contributed by atoms with Gasteiger partial charge in [0, 0.05) is 23.6 Å². The third kappa shape index (κ3) is 3.68. The number of amides is 1. The minimum Gasteiger partial charge on any atom is -0.494 e. The van der Waals surface area contributed by atoms with E-state index in [2.05, 4.69) is 10.3 Å². The standard InChI is InChI=1S/C19H18FN3O2/c1-13(15-5-8-18(25-2)17(20)11-15)22-19(24)14-3-6-16(7-4-14)23-10-9-21-12-23/h3-13H,1-2H3,(H,22,24)/t13-/m1/s1. The summed E-state index contributed by atoms with van der Waals surface area (Å²) >= 11 is 0. The molecule has 0 fully saturated rings. The number of imidazole rings is 1. The van der Waals surface area contributed by atoms with Crippen LogP contribution in [0.4, 0.5) is 4.39 Å². The van der Waals surface area contributed by atoms with Crippen molar-refractivity contribution in [2.24, 2.45) is 0 Å². The third-order valence-corrected chi connectivity index (χ3v) is 3.96. The molecule has 3 aromatic rings. The van der Waals surface area contributed by atoms with Crippen molar-refractivity contribution in [1.29, 1.82) is 0 Å². The highest BCUT2D eigenvalue weighted by Crippen LogP contribution is 2.22. The number of ether oxygens (including phenoxy) is 1. The lowest BCUT2D eigenvalue weighted by molar-refractivity contribution is 0.0940. The summed E-state index contributed by atoms with van der Waals surface area (Å²) in [5.74, 6) is -0.496. The maximum Gasteiger partial charge on any atom is 0.251 e. The summed E-state index contributed by atoms with van der Waals surface area (Å²) < 4.78 is 20.6. The molecule has 128 valence electrons. The summed E-state index contributed by atoms with van der Waals surface area (Å²) in [5, 5.41) is 2.87. The van der Waals surface area contributed by atoms with Crippen molar-refractivity contribution < 1.29 is 13.9 Å². The van der Waals surface area contributed by atoms with Gasteiger partial charge in [0.1, 0.15) is 0 Å². The van der Waals surface area contributed by atoms with E-state index in [9.17, 15) is 9.18 Å². The quantitative estimate of drug-likeness (QED) is 0.774. The van der Waals surface area contributed by atoms with Crippen molar-refractivity contribution in [2.75, 3.05) is 7.11 Å². The summed E-state index contributed by atoms with van der Waals surface area (Å²) in [4.78, 5) is 16.4. The van der Waals surface area contributed by atoms with Gasteiger partial charge in [-0.2, -0.15) is 0 Å². The van der Waals surface area contributed by atoms with Crippen LogP contribution in [0, 0.1) is 5.82 Å². The molecule has 0 saturated carbocycles. The molecule has 1 aromatic heterocycles. The number of hydrogen-bond donors (Lipinski definition) is 1. The van der Waals surface area contributed by atoms with Crippen LogP contribution in [0.25, 0.3) is 5.69 Å². The van der Waals surface area contributed by atoms with E-state index in [0.717, 1.165) is 5.69 Å². The SMILES string of the molecule is COc1ccc([C@@H](C)NC(=O)c2ccc(-n3ccnc3)cc2)cc1F. The molecule has 25 heavy (non-hydrogen) atoms. The monoisotopic (exact) mass is 339 g/mol. The summed E-state index contributed by atoms with van der Waals surface area (Å²) in [5.41, 5.74) is 2.12. The Morgan fingerprint density at radius 3 is 2.60 bits per heavy atom. The normalized spacial score (nSPS) is 11.8. The number of carbonyl (C=O) groups is 1. The maximum atomic E-state index is 13.8. The molecule has 1 N–H and O–H groups in total. The second kappa shape index (κ2) is 7.17. The lowest BCUT2D eigenvalue weighted by Crippen LogP contribution is -2.26. The van der Waals surface area contributed by atoms with Crippen molar-refractivity contribution in [2.45, 2.75) is 13.0 Å². The van der Waals surface area contributed by atoms with Crippen LogP contribution >= 0.6 is 0 Å². The maximum absolute atomic E-state index is 13.8. The molecule has 1 amide bonds. The van der Waals surface area contributed by atoms with E-state index < -0.39 is 5.82 Å². The van der Waals surface area contributed by atoms with Gasteiger partial charge >= 0.3 is 0 Å². The van der Waals surface area contributed by atoms with Crippen LogP contribution in [0.2, 0.25) is 0 Å². The number of nitrogens with one attached hydrogen (secondary N) is 1. The smallest absolute Gasteiger partial charge is 0.251 e. The zero-order valence-electron chi connectivity index (χ0n) is 13.9. The van der Waals surface area contributed by atoms with E-state index in [-0.39, 0.29) is 17.7 Å². The van der Waals surface area contributed by atoms with E-state index in [1.54, 1.807) is 43.7 Å². The Morgan fingerprint density at radius 1 is 1.24 bits per heavy atom. The number of benzene rings is 2. The first-order valence-electron chi connectivity index (χ1n) is 7.81. The van der Waals surface area contributed by atoms with Gasteiger partial charge in [-0.25, -0.2) is 9.37 Å². The molecule has 0 radical (unpaired) electrons. The van der Waals surface area contributed by atoms with Crippen LogP contribution in [-0.4, -0.2) is 22.6 Å². The number of halogens is 1. The summed E-state index contributed by atoms with van der Waals surface area (Å²) in [7, 11) is 1.41. The Bertz CT molecular complexity index is 861. The summed E-state index contributed by atoms with van der Waals surface area (Å²) in [6, 6.07) is 11.5. The van der Waals surface area contributed by atoms with Gasteiger partial charge < -0.3 is 14.6 Å². The Morgan fingerprint density at radius 2 is 2.00 bits per heavy atom. The highest BCUT2D eigenvalue weighted by Gasteiger charge is 2.13. The van der Waals surface area contributed by atoms with Gasteiger partial charge in [0.05, 0.1) is 19.5 Å². The Hall–Kier alpha value is -3.15. The molecule has 0 unspecified atom stereocenters. The number of rotatable bonds is 5. The third-order valence-electron chi connectivity index (χ3n) is 3.96. The van der Waals surface area contributed by atoms with Crippen LogP contribution in [0.15, 0.2) is 61.2 Å². The Balaban J connectivity index is 1.70. The lowest BCUT2D eigenvalue weighted by atomic mass is 10.1. The first-order chi connectivity index (χ1) is 12.1. The predicted molar refractivity (Wildman–Crippen MR) is 92.4 cm³/mol. The van der Waals surface area contributed by atoms with Gasteiger partial charge in [0.25, 0.3) is 5.91 Å². The van der Waals surface area contributed by atoms with E-state index in [4.69, 9.17) is 4.74 Å². The molecule has 2 aromatic carbocycles. The van der Waals surface area contributed by atoms with Gasteiger partial charge in [-0.05, 0) is 48.9 Å². The molecular formula is C19H18FN3O2. The summed E-state index contributed by atoms with van der Waals surface area (Å²) in [6.45, 7) is 1.80. The predicted octanol–water partition coefficient (Wildman–Crippen LogP) is 3.51. The van der Waals surface area contributed by atoms with E-state index >= 15 is 0 Å². The highest BCUT2D eigenvalue weighted by atomic mass is 19.1. The van der Waals surface area contributed by atoms with Crippen LogP contribution in [-0.2, 0) is 0 Å². The number of aromatic nitrogens is 2. The second-order valence-corrected chi connectivity index (χ2v) is 5.61. The molecule has 0 aliphatic heterocycles. The zero-order valence-corrected chi connectivity index (χ0v) is 13.9. The highest BCUT2D eigenvalue weighted by molar-refractivity contribution is 5.94. The first-order valence-corrected chi connectivity index (χ1v) is 7.81. The van der Waals surface area contributed by atoms with Gasteiger partial charge in [0.15, 0.2) is 11.6 Å². The fraction of sp³-hybridized carbons (Fsp3) is 0.158. The topological polar surface area (TPSA) is 56.1 Å². The van der Waals surface area contributed by atoms with Crippen molar-refractivity contribution in [3.8, 4) is 11.4 Å². The molecule has 0 saturated heterocycles. The molecule has 3 rings (SSSR count). The summed E-state index contributed by atoms with van der Waals surface area (Å²) in [6.07, 6.45) is 5.21. The lowest BCUT2D eigenvalue weighted by Gasteiger charge is -2.15. The van der Waals surface area contributed by atoms with Crippen molar-refractivity contribution in [3.05, 3.63) is 78.1 Å². The van der Waals surface area contributed by atoms with Crippen LogP contribution in [0.1, 0.15) is 28.9 Å². The Kier molecular flexibility index (Phi) is 4.79. The minimum atomic E-state index is -0.453. The van der Waals surface area contributed by atoms with E-state index in [1.807, 2.05) is 22.9 Å². The molecule has 1 heterocycles. The molecular weight excluding hydrogens is 321 g/mol.